The molecular formula is C12H22N2. The smallest absolute Gasteiger partial charge is 0.0252 e. The van der Waals surface area contributed by atoms with Crippen LogP contribution < -0.4 is 5.32 Å². The fourth-order valence-electron chi connectivity index (χ4n) is 2.90. The van der Waals surface area contributed by atoms with Gasteiger partial charge < -0.3 is 5.32 Å². The molecule has 0 spiro atoms. The monoisotopic (exact) mass is 194 g/mol. The molecule has 80 valence electrons. The lowest BCUT2D eigenvalue weighted by Crippen LogP contribution is -2.50. The maximum absolute atomic E-state index is 3.85. The molecule has 2 heteroatoms. The molecule has 0 aromatic rings. The van der Waals surface area contributed by atoms with Gasteiger partial charge in [-0.15, -0.1) is 6.58 Å². The van der Waals surface area contributed by atoms with Crippen LogP contribution in [-0.4, -0.2) is 36.6 Å². The summed E-state index contributed by atoms with van der Waals surface area (Å²) in [6, 6.07) is 1.54. The first kappa shape index (κ1) is 10.2. The first-order valence-corrected chi connectivity index (χ1v) is 6.00. The molecule has 0 bridgehead atoms. The van der Waals surface area contributed by atoms with Crippen molar-refractivity contribution in [3.63, 3.8) is 0 Å². The van der Waals surface area contributed by atoms with Gasteiger partial charge in [0, 0.05) is 18.6 Å². The van der Waals surface area contributed by atoms with Crippen molar-refractivity contribution in [2.75, 3.05) is 19.6 Å². The molecule has 2 unspecified atom stereocenters. The van der Waals surface area contributed by atoms with Crippen molar-refractivity contribution in [1.82, 2.24) is 10.2 Å². The van der Waals surface area contributed by atoms with E-state index in [1.165, 1.54) is 45.2 Å². The van der Waals surface area contributed by atoms with E-state index in [1.54, 1.807) is 0 Å². The third-order valence-corrected chi connectivity index (χ3v) is 3.59. The third-order valence-electron chi connectivity index (χ3n) is 3.59. The molecule has 0 aliphatic carbocycles. The van der Waals surface area contributed by atoms with E-state index in [1.807, 2.05) is 6.08 Å². The summed E-state index contributed by atoms with van der Waals surface area (Å²) < 4.78 is 0. The van der Waals surface area contributed by atoms with E-state index in [-0.39, 0.29) is 0 Å². The van der Waals surface area contributed by atoms with Crippen molar-refractivity contribution in [2.45, 2.75) is 44.2 Å². The van der Waals surface area contributed by atoms with E-state index in [0.717, 1.165) is 18.6 Å². The van der Waals surface area contributed by atoms with E-state index in [2.05, 4.69) is 16.8 Å². The van der Waals surface area contributed by atoms with Gasteiger partial charge in [-0.25, -0.2) is 0 Å². The highest BCUT2D eigenvalue weighted by Crippen LogP contribution is 2.23. The normalized spacial score (nSPS) is 34.6. The average Bonchev–Trinajstić information content (AvgIpc) is 2.72. The highest BCUT2D eigenvalue weighted by Gasteiger charge is 2.30. The molecule has 2 atom stereocenters. The zero-order valence-electron chi connectivity index (χ0n) is 9.04. The first-order valence-electron chi connectivity index (χ1n) is 6.00. The van der Waals surface area contributed by atoms with Crippen LogP contribution in [-0.2, 0) is 0 Å². The second kappa shape index (κ2) is 4.94. The Labute approximate surface area is 87.4 Å². The van der Waals surface area contributed by atoms with Crippen molar-refractivity contribution in [3.05, 3.63) is 12.7 Å². The first-order chi connectivity index (χ1) is 6.92. The largest absolute Gasteiger partial charge is 0.312 e. The Morgan fingerprint density at radius 1 is 1.29 bits per heavy atom. The summed E-state index contributed by atoms with van der Waals surface area (Å²) >= 11 is 0. The molecule has 2 heterocycles. The van der Waals surface area contributed by atoms with Gasteiger partial charge in [-0.05, 0) is 38.8 Å². The summed E-state index contributed by atoms with van der Waals surface area (Å²) in [6.07, 6.45) is 8.95. The Hall–Kier alpha value is -0.340. The van der Waals surface area contributed by atoms with Crippen LogP contribution in [0.1, 0.15) is 32.1 Å². The maximum Gasteiger partial charge on any atom is 0.0252 e. The van der Waals surface area contributed by atoms with Crippen molar-refractivity contribution < 1.29 is 0 Å². The van der Waals surface area contributed by atoms with Gasteiger partial charge in [-0.2, -0.15) is 0 Å². The average molecular weight is 194 g/mol. The lowest BCUT2D eigenvalue weighted by Gasteiger charge is -2.38. The van der Waals surface area contributed by atoms with Gasteiger partial charge in [0.05, 0.1) is 0 Å². The zero-order chi connectivity index (χ0) is 9.80. The van der Waals surface area contributed by atoms with Crippen LogP contribution in [0.2, 0.25) is 0 Å². The molecule has 2 aliphatic rings. The van der Waals surface area contributed by atoms with Gasteiger partial charge in [-0.3, -0.25) is 4.90 Å². The lowest BCUT2D eigenvalue weighted by molar-refractivity contribution is 0.134. The van der Waals surface area contributed by atoms with Crippen molar-refractivity contribution in [2.24, 2.45) is 0 Å². The number of likely N-dealkylation sites (tertiary alicyclic amines) is 1. The highest BCUT2D eigenvalue weighted by atomic mass is 15.2. The number of hydrogen-bond acceptors (Lipinski definition) is 2. The number of rotatable bonds is 3. The molecule has 2 rings (SSSR count). The van der Waals surface area contributed by atoms with E-state index in [4.69, 9.17) is 0 Å². The number of nitrogens with zero attached hydrogens (tertiary/aromatic N) is 1. The second-order valence-electron chi connectivity index (χ2n) is 4.55. The van der Waals surface area contributed by atoms with Crippen LogP contribution in [0.5, 0.6) is 0 Å². The minimum atomic E-state index is 0.759. The predicted molar refractivity (Wildman–Crippen MR) is 60.4 cm³/mol. The van der Waals surface area contributed by atoms with Crippen LogP contribution in [0.25, 0.3) is 0 Å². The summed E-state index contributed by atoms with van der Waals surface area (Å²) in [7, 11) is 0. The lowest BCUT2D eigenvalue weighted by atomic mass is 9.94. The quantitative estimate of drug-likeness (QED) is 0.689. The topological polar surface area (TPSA) is 15.3 Å². The molecule has 0 radical (unpaired) electrons. The van der Waals surface area contributed by atoms with Crippen LogP contribution in [0.3, 0.4) is 0 Å². The fourth-order valence-corrected chi connectivity index (χ4v) is 2.90. The maximum atomic E-state index is 3.85. The molecule has 1 N–H and O–H groups in total. The Morgan fingerprint density at radius 3 is 2.93 bits per heavy atom. The van der Waals surface area contributed by atoms with Gasteiger partial charge in [0.1, 0.15) is 0 Å². The van der Waals surface area contributed by atoms with Gasteiger partial charge in [-0.1, -0.05) is 12.5 Å². The summed E-state index contributed by atoms with van der Waals surface area (Å²) in [4.78, 5) is 2.61. The molecule has 2 aliphatic heterocycles. The van der Waals surface area contributed by atoms with Gasteiger partial charge in [0.25, 0.3) is 0 Å². The minimum Gasteiger partial charge on any atom is -0.312 e. The standard InChI is InChI=1S/C12H22N2/c1-2-9-14-10-4-3-7-12(14)11-6-5-8-13-11/h2,11-13H,1,3-10H2. The number of hydrogen-bond donors (Lipinski definition) is 1. The van der Waals surface area contributed by atoms with Gasteiger partial charge in [0.2, 0.25) is 0 Å². The Bertz CT molecular complexity index is 185. The number of nitrogens with one attached hydrogen (secondary N) is 1. The molecule has 14 heavy (non-hydrogen) atoms. The molecule has 0 aromatic carbocycles. The highest BCUT2D eigenvalue weighted by molar-refractivity contribution is 4.92. The van der Waals surface area contributed by atoms with Crippen molar-refractivity contribution in [3.8, 4) is 0 Å². The van der Waals surface area contributed by atoms with Gasteiger partial charge in [0.15, 0.2) is 0 Å². The third kappa shape index (κ3) is 2.18. The predicted octanol–water partition coefficient (Wildman–Crippen LogP) is 1.78. The van der Waals surface area contributed by atoms with Crippen molar-refractivity contribution >= 4 is 0 Å². The minimum absolute atomic E-state index is 0.759. The van der Waals surface area contributed by atoms with E-state index in [0.29, 0.717) is 0 Å². The molecule has 2 saturated heterocycles. The van der Waals surface area contributed by atoms with Crippen LogP contribution >= 0.6 is 0 Å². The van der Waals surface area contributed by atoms with Crippen LogP contribution in [0.4, 0.5) is 0 Å². The Morgan fingerprint density at radius 2 is 2.21 bits per heavy atom. The van der Waals surface area contributed by atoms with Gasteiger partial charge >= 0.3 is 0 Å². The second-order valence-corrected chi connectivity index (χ2v) is 4.55. The molecule has 0 aromatic heterocycles. The fraction of sp³-hybridized carbons (Fsp3) is 0.833. The number of piperidine rings is 1. The van der Waals surface area contributed by atoms with E-state index in [9.17, 15) is 0 Å². The van der Waals surface area contributed by atoms with E-state index < -0.39 is 0 Å². The van der Waals surface area contributed by atoms with Crippen LogP contribution in [0, 0.1) is 0 Å². The Balaban J connectivity index is 1.94. The van der Waals surface area contributed by atoms with Crippen LogP contribution in [0.15, 0.2) is 12.7 Å². The summed E-state index contributed by atoms with van der Waals surface area (Å²) in [5.41, 5.74) is 0. The Kier molecular flexibility index (Phi) is 3.60. The summed E-state index contributed by atoms with van der Waals surface area (Å²) in [6.45, 7) is 7.42. The molecule has 0 saturated carbocycles. The summed E-state index contributed by atoms with van der Waals surface area (Å²) in [5.74, 6) is 0. The SMILES string of the molecule is C=CCN1CCCCC1C1CCCN1. The molecule has 2 fully saturated rings. The summed E-state index contributed by atoms with van der Waals surface area (Å²) in [5, 5.41) is 3.64. The molecule has 0 amide bonds. The molecule has 2 nitrogen and oxygen atoms in total. The zero-order valence-corrected chi connectivity index (χ0v) is 9.04. The van der Waals surface area contributed by atoms with E-state index >= 15 is 0 Å². The van der Waals surface area contributed by atoms with Crippen molar-refractivity contribution in [1.29, 1.82) is 0 Å². The molecular weight excluding hydrogens is 172 g/mol.